The fraction of sp³-hybridized carbons (Fsp3) is 0.368. The lowest BCUT2D eigenvalue weighted by atomic mass is 10.1. The van der Waals surface area contributed by atoms with Gasteiger partial charge in [-0.15, -0.1) is 0 Å². The number of hydrogen-bond donors (Lipinski definition) is 1. The van der Waals surface area contributed by atoms with Gasteiger partial charge in [0.2, 0.25) is 0 Å². The Morgan fingerprint density at radius 1 is 1.21 bits per heavy atom. The summed E-state index contributed by atoms with van der Waals surface area (Å²) < 4.78 is 5.06. The molecule has 0 atom stereocenters. The summed E-state index contributed by atoms with van der Waals surface area (Å²) in [5, 5.41) is 2.75. The summed E-state index contributed by atoms with van der Waals surface area (Å²) in [7, 11) is 0. The van der Waals surface area contributed by atoms with Gasteiger partial charge in [0.1, 0.15) is 0 Å². The number of anilines is 1. The zero-order valence-electron chi connectivity index (χ0n) is 13.8. The molecule has 1 aliphatic rings. The van der Waals surface area contributed by atoms with Crippen LogP contribution >= 0.6 is 0 Å². The zero-order valence-corrected chi connectivity index (χ0v) is 13.8. The Balaban J connectivity index is 1.64. The SMILES string of the molecule is CCCN(CC1CC1)C(=O)c1ccc(NC(=O)c2ccco2)cc1. The third kappa shape index (κ3) is 4.04. The van der Waals surface area contributed by atoms with Crippen molar-refractivity contribution in [2.24, 2.45) is 5.92 Å². The van der Waals surface area contributed by atoms with E-state index in [2.05, 4.69) is 12.2 Å². The highest BCUT2D eigenvalue weighted by molar-refractivity contribution is 6.02. The van der Waals surface area contributed by atoms with Gasteiger partial charge in [-0.05, 0) is 61.6 Å². The van der Waals surface area contributed by atoms with E-state index < -0.39 is 0 Å². The van der Waals surface area contributed by atoms with E-state index >= 15 is 0 Å². The normalized spacial score (nSPS) is 13.5. The maximum atomic E-state index is 12.6. The molecule has 1 heterocycles. The van der Waals surface area contributed by atoms with Crippen molar-refractivity contribution in [3.8, 4) is 0 Å². The van der Waals surface area contributed by atoms with E-state index in [1.165, 1.54) is 19.1 Å². The second-order valence-corrected chi connectivity index (χ2v) is 6.20. The van der Waals surface area contributed by atoms with Crippen LogP contribution in [0.5, 0.6) is 0 Å². The molecule has 1 fully saturated rings. The van der Waals surface area contributed by atoms with Crippen molar-refractivity contribution in [1.29, 1.82) is 0 Å². The molecule has 2 aromatic rings. The minimum atomic E-state index is -0.305. The summed E-state index contributed by atoms with van der Waals surface area (Å²) in [5.41, 5.74) is 1.29. The molecule has 0 aliphatic heterocycles. The van der Waals surface area contributed by atoms with Crippen molar-refractivity contribution in [2.75, 3.05) is 18.4 Å². The van der Waals surface area contributed by atoms with Gasteiger partial charge < -0.3 is 14.6 Å². The van der Waals surface area contributed by atoms with E-state index in [1.807, 2.05) is 4.90 Å². The molecule has 0 radical (unpaired) electrons. The molecule has 0 saturated heterocycles. The number of amides is 2. The molecule has 0 unspecified atom stereocenters. The lowest BCUT2D eigenvalue weighted by Crippen LogP contribution is -2.33. The van der Waals surface area contributed by atoms with Crippen molar-refractivity contribution in [1.82, 2.24) is 4.90 Å². The van der Waals surface area contributed by atoms with Gasteiger partial charge in [-0.1, -0.05) is 6.92 Å². The Labute approximate surface area is 141 Å². The second kappa shape index (κ2) is 7.34. The number of carbonyl (C=O) groups excluding carboxylic acids is 2. The van der Waals surface area contributed by atoms with E-state index in [9.17, 15) is 9.59 Å². The van der Waals surface area contributed by atoms with Crippen molar-refractivity contribution >= 4 is 17.5 Å². The van der Waals surface area contributed by atoms with Crippen LogP contribution in [-0.2, 0) is 0 Å². The number of hydrogen-bond acceptors (Lipinski definition) is 3. The number of carbonyl (C=O) groups is 2. The molecule has 126 valence electrons. The van der Waals surface area contributed by atoms with Gasteiger partial charge >= 0.3 is 0 Å². The van der Waals surface area contributed by atoms with Gasteiger partial charge in [0.25, 0.3) is 11.8 Å². The quantitative estimate of drug-likeness (QED) is 0.842. The Morgan fingerprint density at radius 2 is 1.96 bits per heavy atom. The number of nitrogens with one attached hydrogen (secondary N) is 1. The lowest BCUT2D eigenvalue weighted by Gasteiger charge is -2.22. The summed E-state index contributed by atoms with van der Waals surface area (Å²) in [6.07, 6.45) is 4.87. The summed E-state index contributed by atoms with van der Waals surface area (Å²) in [5.74, 6) is 0.689. The summed E-state index contributed by atoms with van der Waals surface area (Å²) in [6.45, 7) is 3.72. The molecule has 1 aliphatic carbocycles. The van der Waals surface area contributed by atoms with Crippen LogP contribution in [0.25, 0.3) is 0 Å². The summed E-state index contributed by atoms with van der Waals surface area (Å²) >= 11 is 0. The zero-order chi connectivity index (χ0) is 16.9. The Morgan fingerprint density at radius 3 is 2.54 bits per heavy atom. The highest BCUT2D eigenvalue weighted by atomic mass is 16.3. The largest absolute Gasteiger partial charge is 0.459 e. The van der Waals surface area contributed by atoms with Crippen LogP contribution in [0.15, 0.2) is 47.1 Å². The van der Waals surface area contributed by atoms with Crippen LogP contribution in [0, 0.1) is 5.92 Å². The topological polar surface area (TPSA) is 62.6 Å². The highest BCUT2D eigenvalue weighted by Gasteiger charge is 2.26. The van der Waals surface area contributed by atoms with Crippen LogP contribution in [0.4, 0.5) is 5.69 Å². The molecule has 5 heteroatoms. The van der Waals surface area contributed by atoms with Crippen molar-refractivity contribution < 1.29 is 14.0 Å². The number of benzene rings is 1. The molecular formula is C19H22N2O3. The molecule has 0 bridgehead atoms. The first kappa shape index (κ1) is 16.3. The van der Waals surface area contributed by atoms with Gasteiger partial charge in [-0.3, -0.25) is 9.59 Å². The smallest absolute Gasteiger partial charge is 0.291 e. The predicted molar refractivity (Wildman–Crippen MR) is 92.0 cm³/mol. The van der Waals surface area contributed by atoms with Gasteiger partial charge in [0.05, 0.1) is 6.26 Å². The molecule has 0 spiro atoms. The fourth-order valence-electron chi connectivity index (χ4n) is 2.64. The van der Waals surface area contributed by atoms with Crippen LogP contribution in [0.3, 0.4) is 0 Å². The van der Waals surface area contributed by atoms with E-state index in [4.69, 9.17) is 4.42 Å². The van der Waals surface area contributed by atoms with Crippen molar-refractivity contribution in [3.05, 3.63) is 54.0 Å². The van der Waals surface area contributed by atoms with Crippen LogP contribution in [0.2, 0.25) is 0 Å². The monoisotopic (exact) mass is 326 g/mol. The first-order valence-corrected chi connectivity index (χ1v) is 8.41. The highest BCUT2D eigenvalue weighted by Crippen LogP contribution is 2.30. The van der Waals surface area contributed by atoms with Gasteiger partial charge in [0.15, 0.2) is 5.76 Å². The average Bonchev–Trinajstić information content (AvgIpc) is 3.23. The number of rotatable bonds is 7. The molecule has 1 aromatic carbocycles. The van der Waals surface area contributed by atoms with E-state index in [0.717, 1.165) is 19.5 Å². The molecule has 5 nitrogen and oxygen atoms in total. The van der Waals surface area contributed by atoms with Crippen LogP contribution in [-0.4, -0.2) is 29.8 Å². The van der Waals surface area contributed by atoms with Crippen LogP contribution < -0.4 is 5.32 Å². The van der Waals surface area contributed by atoms with Crippen LogP contribution in [0.1, 0.15) is 47.1 Å². The standard InChI is InChI=1S/C19H22N2O3/c1-2-11-21(13-14-5-6-14)19(23)15-7-9-16(10-8-15)20-18(22)17-4-3-12-24-17/h3-4,7-10,12,14H,2,5-6,11,13H2,1H3,(H,20,22). The third-order valence-corrected chi connectivity index (χ3v) is 4.09. The minimum absolute atomic E-state index is 0.0626. The number of nitrogens with zero attached hydrogens (tertiary/aromatic N) is 1. The fourth-order valence-corrected chi connectivity index (χ4v) is 2.64. The first-order chi connectivity index (χ1) is 11.7. The van der Waals surface area contributed by atoms with E-state index in [1.54, 1.807) is 36.4 Å². The molecule has 24 heavy (non-hydrogen) atoms. The summed E-state index contributed by atoms with van der Waals surface area (Å²) in [4.78, 5) is 26.5. The lowest BCUT2D eigenvalue weighted by molar-refractivity contribution is 0.0747. The molecule has 1 N–H and O–H groups in total. The molecule has 3 rings (SSSR count). The molecular weight excluding hydrogens is 304 g/mol. The maximum absolute atomic E-state index is 12.6. The Bertz CT molecular complexity index is 688. The second-order valence-electron chi connectivity index (χ2n) is 6.20. The van der Waals surface area contributed by atoms with Gasteiger partial charge in [-0.2, -0.15) is 0 Å². The third-order valence-electron chi connectivity index (χ3n) is 4.09. The van der Waals surface area contributed by atoms with E-state index in [0.29, 0.717) is 17.2 Å². The van der Waals surface area contributed by atoms with E-state index in [-0.39, 0.29) is 17.6 Å². The van der Waals surface area contributed by atoms with Gasteiger partial charge in [0, 0.05) is 24.3 Å². The van der Waals surface area contributed by atoms with Crippen molar-refractivity contribution in [2.45, 2.75) is 26.2 Å². The first-order valence-electron chi connectivity index (χ1n) is 8.41. The maximum Gasteiger partial charge on any atom is 0.291 e. The molecule has 1 saturated carbocycles. The number of furan rings is 1. The molecule has 2 amide bonds. The predicted octanol–water partition coefficient (Wildman–Crippen LogP) is 3.79. The van der Waals surface area contributed by atoms with Gasteiger partial charge in [-0.25, -0.2) is 0 Å². The summed E-state index contributed by atoms with van der Waals surface area (Å²) in [6, 6.07) is 10.3. The van der Waals surface area contributed by atoms with Crippen molar-refractivity contribution in [3.63, 3.8) is 0 Å². The minimum Gasteiger partial charge on any atom is -0.459 e. The average molecular weight is 326 g/mol. The molecule has 1 aromatic heterocycles. The Hall–Kier alpha value is -2.56. The Kier molecular flexibility index (Phi) is 4.99.